The van der Waals surface area contributed by atoms with Gasteiger partial charge in [-0.2, -0.15) is 0 Å². The van der Waals surface area contributed by atoms with Crippen LogP contribution in [0.1, 0.15) is 38.3 Å². The topological polar surface area (TPSA) is 112 Å². The fraction of sp³-hybridized carbons (Fsp3) is 0.733. The van der Waals surface area contributed by atoms with Crippen molar-refractivity contribution in [2.24, 2.45) is 5.92 Å². The Bertz CT molecular complexity index is 780. The second-order valence-corrected chi connectivity index (χ2v) is 8.82. The molecule has 1 aromatic heterocycles. The molecular formula is C15H22FN2O7P. The van der Waals surface area contributed by atoms with Crippen molar-refractivity contribution in [2.75, 3.05) is 13.2 Å². The third-order valence-corrected chi connectivity index (χ3v) is 6.79. The average molecular weight is 392 g/mol. The molecule has 26 heavy (non-hydrogen) atoms. The molecule has 9 nitrogen and oxygen atoms in total. The predicted molar refractivity (Wildman–Crippen MR) is 89.1 cm³/mol. The summed E-state index contributed by atoms with van der Waals surface area (Å²) >= 11 is 0. The van der Waals surface area contributed by atoms with Gasteiger partial charge in [-0.25, -0.2) is 0 Å². The zero-order valence-corrected chi connectivity index (χ0v) is 15.1. The van der Waals surface area contributed by atoms with Crippen LogP contribution in [0.15, 0.2) is 15.8 Å². The predicted octanol–water partition coefficient (Wildman–Crippen LogP) is 0.988. The molecule has 3 atom stereocenters. The molecule has 2 aliphatic heterocycles. The van der Waals surface area contributed by atoms with Gasteiger partial charge in [-0.05, 0) is 0 Å². The summed E-state index contributed by atoms with van der Waals surface area (Å²) in [6.07, 6.45) is 3.64. The molecule has 2 N–H and O–H groups in total. The van der Waals surface area contributed by atoms with Crippen molar-refractivity contribution >= 4 is 8.17 Å². The number of nitrogens with zero attached hydrogens (tertiary/aromatic N) is 1. The van der Waals surface area contributed by atoms with Gasteiger partial charge in [0.25, 0.3) is 0 Å². The fourth-order valence-corrected chi connectivity index (χ4v) is 5.38. The molecule has 0 bridgehead atoms. The van der Waals surface area contributed by atoms with Gasteiger partial charge in [0.05, 0.1) is 0 Å². The summed E-state index contributed by atoms with van der Waals surface area (Å²) in [4.78, 5) is 35.4. The monoisotopic (exact) mass is 392 g/mol. The molecule has 0 amide bonds. The summed E-state index contributed by atoms with van der Waals surface area (Å²) in [5.74, 6) is -0.669. The molecule has 0 aromatic carbocycles. The van der Waals surface area contributed by atoms with E-state index in [0.717, 1.165) is 23.6 Å². The van der Waals surface area contributed by atoms with E-state index in [0.29, 0.717) is 12.5 Å². The maximum absolute atomic E-state index is 13.5. The van der Waals surface area contributed by atoms with Crippen LogP contribution in [0.25, 0.3) is 0 Å². The van der Waals surface area contributed by atoms with Crippen LogP contribution in [0.4, 0.5) is 4.39 Å². The molecule has 0 unspecified atom stereocenters. The van der Waals surface area contributed by atoms with E-state index >= 15 is 0 Å². The van der Waals surface area contributed by atoms with E-state index < -0.39 is 43.7 Å². The van der Waals surface area contributed by atoms with Crippen molar-refractivity contribution in [3.8, 4) is 0 Å². The number of aromatic nitrogens is 2. The second kappa shape index (κ2) is 7.10. The summed E-state index contributed by atoms with van der Waals surface area (Å²) in [6.45, 7) is 0.462. The van der Waals surface area contributed by atoms with Gasteiger partial charge in [-0.3, -0.25) is 0 Å². The van der Waals surface area contributed by atoms with Gasteiger partial charge >= 0.3 is 148 Å². The molecule has 3 fully saturated rings. The number of fused-ring (bicyclic) bond motifs is 1. The third kappa shape index (κ3) is 3.62. The van der Waals surface area contributed by atoms with Crippen molar-refractivity contribution < 1.29 is 27.6 Å². The summed E-state index contributed by atoms with van der Waals surface area (Å²) < 4.78 is 36.8. The van der Waals surface area contributed by atoms with E-state index in [1.165, 1.54) is 12.8 Å². The van der Waals surface area contributed by atoms with Crippen LogP contribution in [0.3, 0.4) is 0 Å². The Kier molecular flexibility index (Phi) is 4.98. The normalized spacial score (nSPS) is 32.5. The Hall–Kier alpha value is -1.16. The van der Waals surface area contributed by atoms with Crippen LogP contribution in [-0.4, -0.2) is 39.9 Å². The molecule has 0 radical (unpaired) electrons. The molecule has 3 aliphatic rings. The zero-order valence-electron chi connectivity index (χ0n) is 14.1. The van der Waals surface area contributed by atoms with Gasteiger partial charge in [0.15, 0.2) is 0 Å². The van der Waals surface area contributed by atoms with Crippen molar-refractivity contribution in [3.05, 3.63) is 32.9 Å². The Morgan fingerprint density at radius 1 is 1.35 bits per heavy atom. The summed E-state index contributed by atoms with van der Waals surface area (Å²) in [6, 6.07) is 0. The van der Waals surface area contributed by atoms with E-state index in [2.05, 4.69) is 0 Å². The van der Waals surface area contributed by atoms with Crippen LogP contribution in [0, 0.1) is 11.7 Å². The van der Waals surface area contributed by atoms with Crippen molar-refractivity contribution in [1.82, 2.24) is 9.55 Å². The Labute approximate surface area is 148 Å². The van der Waals surface area contributed by atoms with E-state index in [1.54, 1.807) is 0 Å². The molecule has 1 aliphatic carbocycles. The SMILES string of the molecule is O=c1[nH]c(=O)n([C@H]2C[C@@H]3O[PH](O)(OCC4CCCC4)OC[C@H]3O2)cc1F. The Morgan fingerprint density at radius 3 is 2.88 bits per heavy atom. The molecule has 11 heteroatoms. The van der Waals surface area contributed by atoms with Crippen LogP contribution < -0.4 is 11.2 Å². The summed E-state index contributed by atoms with van der Waals surface area (Å²) in [7, 11) is -3.75. The summed E-state index contributed by atoms with van der Waals surface area (Å²) in [5.41, 5.74) is -1.85. The van der Waals surface area contributed by atoms with Crippen LogP contribution >= 0.6 is 8.17 Å². The minimum absolute atomic E-state index is 0.0646. The van der Waals surface area contributed by atoms with E-state index in [-0.39, 0.29) is 13.0 Å². The van der Waals surface area contributed by atoms with Crippen molar-refractivity contribution in [2.45, 2.75) is 50.5 Å². The van der Waals surface area contributed by atoms with E-state index in [4.69, 9.17) is 18.3 Å². The maximum atomic E-state index is 13.5. The first kappa shape index (κ1) is 18.2. The Morgan fingerprint density at radius 2 is 2.12 bits per heavy atom. The number of aromatic amines is 1. The fourth-order valence-electron chi connectivity index (χ4n) is 3.71. The van der Waals surface area contributed by atoms with E-state index in [9.17, 15) is 18.9 Å². The van der Waals surface area contributed by atoms with E-state index in [1.807, 2.05) is 4.98 Å². The van der Waals surface area contributed by atoms with Crippen molar-refractivity contribution in [3.63, 3.8) is 0 Å². The molecular weight excluding hydrogens is 370 g/mol. The number of hydrogen-bond acceptors (Lipinski definition) is 7. The number of ether oxygens (including phenoxy) is 1. The van der Waals surface area contributed by atoms with Gasteiger partial charge in [-0.15, -0.1) is 0 Å². The molecule has 4 rings (SSSR count). The number of rotatable bonds is 4. The first-order valence-corrected chi connectivity index (χ1v) is 10.5. The zero-order chi connectivity index (χ0) is 18.3. The molecule has 0 spiro atoms. The van der Waals surface area contributed by atoms with Crippen LogP contribution in [0.5, 0.6) is 0 Å². The standard InChI is InChI=1S/C15H22FN2O7P/c16-10-6-18(15(20)17-14(10)19)13-5-11-12(24-13)8-23-26(21,25-11)22-7-9-3-1-2-4-9/h6,9,11-13,21,26H,1-5,7-8H2,(H,17,19,20)/t11-,12+,13+/m0/s1. The molecule has 1 aromatic rings. The second-order valence-electron chi connectivity index (χ2n) is 6.96. The molecule has 1 saturated carbocycles. The van der Waals surface area contributed by atoms with Gasteiger partial charge in [0.1, 0.15) is 0 Å². The molecule has 146 valence electrons. The quantitative estimate of drug-likeness (QED) is 0.735. The van der Waals surface area contributed by atoms with Gasteiger partial charge in [-0.1, -0.05) is 0 Å². The summed E-state index contributed by atoms with van der Waals surface area (Å²) in [5, 5.41) is 0. The minimum atomic E-state index is -3.75. The number of halogens is 1. The number of nitrogens with one attached hydrogen (secondary N) is 1. The first-order valence-electron chi connectivity index (χ1n) is 8.78. The third-order valence-electron chi connectivity index (χ3n) is 5.12. The van der Waals surface area contributed by atoms with Crippen molar-refractivity contribution in [1.29, 1.82) is 0 Å². The Balaban J connectivity index is 1.42. The number of H-pyrrole nitrogens is 1. The number of hydrogen-bond donors (Lipinski definition) is 2. The first-order chi connectivity index (χ1) is 12.4. The van der Waals surface area contributed by atoms with Gasteiger partial charge in [0, 0.05) is 0 Å². The van der Waals surface area contributed by atoms with Gasteiger partial charge < -0.3 is 0 Å². The van der Waals surface area contributed by atoms with Crippen LogP contribution in [-0.2, 0) is 18.3 Å². The molecule has 2 saturated heterocycles. The van der Waals surface area contributed by atoms with Gasteiger partial charge in [0.2, 0.25) is 0 Å². The molecule has 3 heterocycles. The van der Waals surface area contributed by atoms with Crippen LogP contribution in [0.2, 0.25) is 0 Å². The average Bonchev–Trinajstić information content (AvgIpc) is 3.25.